The summed E-state index contributed by atoms with van der Waals surface area (Å²) in [6.45, 7) is 0. The highest BCUT2D eigenvalue weighted by molar-refractivity contribution is 8.13. The van der Waals surface area contributed by atoms with Crippen molar-refractivity contribution in [3.8, 4) is 0 Å². The van der Waals surface area contributed by atoms with Crippen molar-refractivity contribution in [3.05, 3.63) is 34.9 Å². The third-order valence-electron chi connectivity index (χ3n) is 2.56. The van der Waals surface area contributed by atoms with E-state index in [1.165, 1.54) is 47.7 Å². The maximum Gasteiger partial charge on any atom is 0.151 e. The molecule has 1 aromatic rings. The van der Waals surface area contributed by atoms with E-state index in [2.05, 4.69) is 18.2 Å². The van der Waals surface area contributed by atoms with Gasteiger partial charge in [-0.25, -0.2) is 0 Å². The van der Waals surface area contributed by atoms with Crippen LogP contribution in [0.5, 0.6) is 0 Å². The molecule has 0 heterocycles. The lowest BCUT2D eigenvalue weighted by Gasteiger charge is -2.03. The minimum Gasteiger partial charge on any atom is -0.379 e. The van der Waals surface area contributed by atoms with Crippen molar-refractivity contribution in [1.82, 2.24) is 0 Å². The highest BCUT2D eigenvalue weighted by Crippen LogP contribution is 2.24. The van der Waals surface area contributed by atoms with E-state index in [-0.39, 0.29) is 5.17 Å². The van der Waals surface area contributed by atoms with Gasteiger partial charge in [0.1, 0.15) is 0 Å². The average Bonchev–Trinajstić information content (AvgIpc) is 2.61. The van der Waals surface area contributed by atoms with Crippen LogP contribution in [0.1, 0.15) is 23.1 Å². The third kappa shape index (κ3) is 2.10. The van der Waals surface area contributed by atoms with Gasteiger partial charge < -0.3 is 5.73 Å². The molecule has 0 amide bonds. The fraction of sp³-hybridized carbons (Fsp3) is 0.364. The van der Waals surface area contributed by atoms with Crippen LogP contribution in [0.4, 0.5) is 0 Å². The molecule has 0 radical (unpaired) electrons. The van der Waals surface area contributed by atoms with E-state index in [1.54, 1.807) is 0 Å². The zero-order chi connectivity index (χ0) is 9.97. The van der Waals surface area contributed by atoms with E-state index in [0.717, 1.165) is 5.75 Å². The summed E-state index contributed by atoms with van der Waals surface area (Å²) >= 11 is 1.39. The average molecular weight is 206 g/mol. The number of thioether (sulfide) groups is 1. The molecule has 0 saturated heterocycles. The number of fused-ring (bicyclic) bond motifs is 1. The molecule has 0 bridgehead atoms. The number of hydrogen-bond acceptors (Lipinski definition) is 2. The predicted molar refractivity (Wildman–Crippen MR) is 61.7 cm³/mol. The fourth-order valence-corrected chi connectivity index (χ4v) is 2.38. The molecule has 0 saturated carbocycles. The van der Waals surface area contributed by atoms with Gasteiger partial charge in [-0.15, -0.1) is 0 Å². The molecule has 1 aliphatic carbocycles. The summed E-state index contributed by atoms with van der Waals surface area (Å²) in [4.78, 5) is 0. The second kappa shape index (κ2) is 4.05. The van der Waals surface area contributed by atoms with Gasteiger partial charge in [-0.2, -0.15) is 0 Å². The first-order valence-electron chi connectivity index (χ1n) is 4.83. The van der Waals surface area contributed by atoms with Crippen LogP contribution in [0.15, 0.2) is 18.2 Å². The second-order valence-corrected chi connectivity index (χ2v) is 4.63. The molecule has 0 atom stereocenters. The molecule has 0 fully saturated rings. The fourth-order valence-electron chi connectivity index (χ4n) is 1.88. The Labute approximate surface area is 88.4 Å². The Hall–Kier alpha value is -0.960. The maximum atomic E-state index is 7.14. The van der Waals surface area contributed by atoms with Gasteiger partial charge in [-0.05, 0) is 36.0 Å². The summed E-state index contributed by atoms with van der Waals surface area (Å²) in [6.07, 6.45) is 3.74. The first kappa shape index (κ1) is 9.59. The third-order valence-corrected chi connectivity index (χ3v) is 3.35. The molecule has 1 aliphatic rings. The van der Waals surface area contributed by atoms with Crippen LogP contribution in [0.2, 0.25) is 0 Å². The van der Waals surface area contributed by atoms with Gasteiger partial charge in [0.15, 0.2) is 5.17 Å². The number of aryl methyl sites for hydroxylation is 2. The molecule has 0 aliphatic heterocycles. The van der Waals surface area contributed by atoms with Crippen molar-refractivity contribution >= 4 is 16.9 Å². The van der Waals surface area contributed by atoms with Gasteiger partial charge in [0, 0.05) is 5.75 Å². The number of nitrogens with one attached hydrogen (secondary N) is 1. The Morgan fingerprint density at radius 2 is 2.14 bits per heavy atom. The monoisotopic (exact) mass is 206 g/mol. The molecular weight excluding hydrogens is 192 g/mol. The van der Waals surface area contributed by atoms with Crippen molar-refractivity contribution in [2.45, 2.75) is 25.0 Å². The van der Waals surface area contributed by atoms with Gasteiger partial charge in [0.25, 0.3) is 0 Å². The summed E-state index contributed by atoms with van der Waals surface area (Å²) in [7, 11) is 0. The highest BCUT2D eigenvalue weighted by Gasteiger charge is 2.10. The normalized spacial score (nSPS) is 14.0. The molecule has 3 N–H and O–H groups in total. The van der Waals surface area contributed by atoms with Crippen LogP contribution in [-0.4, -0.2) is 5.17 Å². The van der Waals surface area contributed by atoms with E-state index in [1.807, 2.05) is 0 Å². The first-order valence-corrected chi connectivity index (χ1v) is 5.82. The Morgan fingerprint density at radius 1 is 1.36 bits per heavy atom. The van der Waals surface area contributed by atoms with Crippen molar-refractivity contribution in [3.63, 3.8) is 0 Å². The van der Waals surface area contributed by atoms with Crippen molar-refractivity contribution in [1.29, 1.82) is 5.41 Å². The van der Waals surface area contributed by atoms with Gasteiger partial charge >= 0.3 is 0 Å². The first-order chi connectivity index (χ1) is 6.75. The molecule has 0 unspecified atom stereocenters. The van der Waals surface area contributed by atoms with Crippen molar-refractivity contribution < 1.29 is 0 Å². The summed E-state index contributed by atoms with van der Waals surface area (Å²) in [5, 5.41) is 7.34. The number of nitrogens with two attached hydrogens (primary N) is 1. The van der Waals surface area contributed by atoms with Gasteiger partial charge in [-0.1, -0.05) is 30.0 Å². The second-order valence-electron chi connectivity index (χ2n) is 3.61. The smallest absolute Gasteiger partial charge is 0.151 e. The lowest BCUT2D eigenvalue weighted by molar-refractivity contribution is 0.911. The van der Waals surface area contributed by atoms with Gasteiger partial charge in [0.2, 0.25) is 0 Å². The Bertz CT molecular complexity index is 360. The van der Waals surface area contributed by atoms with Crippen LogP contribution >= 0.6 is 11.8 Å². The predicted octanol–water partition coefficient (Wildman–Crippen LogP) is 2.30. The van der Waals surface area contributed by atoms with Crippen molar-refractivity contribution in [2.24, 2.45) is 5.73 Å². The Balaban J connectivity index is 2.09. The minimum atomic E-state index is 0.200. The largest absolute Gasteiger partial charge is 0.379 e. The summed E-state index contributed by atoms with van der Waals surface area (Å²) < 4.78 is 0. The van der Waals surface area contributed by atoms with E-state index in [9.17, 15) is 0 Å². The quantitative estimate of drug-likeness (QED) is 0.576. The van der Waals surface area contributed by atoms with Crippen LogP contribution in [-0.2, 0) is 18.6 Å². The topological polar surface area (TPSA) is 49.9 Å². The number of rotatable bonds is 2. The lowest BCUT2D eigenvalue weighted by Crippen LogP contribution is -2.03. The standard InChI is InChI=1S/C11H14N2S/c12-11(13)14-7-8-4-5-9-2-1-3-10(9)6-8/h4-6H,1-3,7H2,(H3,12,13). The highest BCUT2D eigenvalue weighted by atomic mass is 32.2. The molecule has 0 spiro atoms. The molecule has 0 aromatic heterocycles. The van der Waals surface area contributed by atoms with E-state index >= 15 is 0 Å². The van der Waals surface area contributed by atoms with Crippen LogP contribution in [0.25, 0.3) is 0 Å². The number of amidine groups is 1. The minimum absolute atomic E-state index is 0.200. The molecule has 1 aromatic carbocycles. The summed E-state index contributed by atoms with van der Waals surface area (Å²) in [5.74, 6) is 0.822. The number of hydrogen-bond donors (Lipinski definition) is 2. The molecule has 14 heavy (non-hydrogen) atoms. The molecule has 74 valence electrons. The summed E-state index contributed by atoms with van der Waals surface area (Å²) in [6, 6.07) is 6.64. The maximum absolute atomic E-state index is 7.14. The Morgan fingerprint density at radius 3 is 2.93 bits per heavy atom. The SMILES string of the molecule is N=C(N)SCc1ccc2c(c1)CCC2. The molecular formula is C11H14N2S. The number of benzene rings is 1. The van der Waals surface area contributed by atoms with Crippen LogP contribution < -0.4 is 5.73 Å². The summed E-state index contributed by atoms with van der Waals surface area (Å²) in [5.41, 5.74) is 9.58. The molecule has 3 heteroatoms. The lowest BCUT2D eigenvalue weighted by atomic mass is 10.1. The Kier molecular flexibility index (Phi) is 2.77. The zero-order valence-corrected chi connectivity index (χ0v) is 8.86. The zero-order valence-electron chi connectivity index (χ0n) is 8.05. The molecule has 2 nitrogen and oxygen atoms in total. The van der Waals surface area contributed by atoms with Gasteiger partial charge in [-0.3, -0.25) is 5.41 Å². The van der Waals surface area contributed by atoms with E-state index in [0.29, 0.717) is 0 Å². The van der Waals surface area contributed by atoms with Crippen LogP contribution in [0, 0.1) is 5.41 Å². The van der Waals surface area contributed by atoms with Crippen molar-refractivity contribution in [2.75, 3.05) is 0 Å². The van der Waals surface area contributed by atoms with E-state index in [4.69, 9.17) is 11.1 Å². The molecule has 2 rings (SSSR count). The van der Waals surface area contributed by atoms with Gasteiger partial charge in [0.05, 0.1) is 0 Å². The van der Waals surface area contributed by atoms with E-state index < -0.39 is 0 Å². The van der Waals surface area contributed by atoms with Crippen LogP contribution in [0.3, 0.4) is 0 Å².